The zero-order valence-electron chi connectivity index (χ0n) is 6.53. The molecule has 1 aromatic rings. The van der Waals surface area contributed by atoms with Gasteiger partial charge >= 0.3 is 6.18 Å². The molecular formula is C8H3ClF4S. The lowest BCUT2D eigenvalue weighted by atomic mass is 10.1. The number of hydrogen-bond donors (Lipinski definition) is 0. The Morgan fingerprint density at radius 2 is 1.86 bits per heavy atom. The van der Waals surface area contributed by atoms with Crippen molar-refractivity contribution in [2.75, 3.05) is 0 Å². The molecule has 1 aromatic carbocycles. The summed E-state index contributed by atoms with van der Waals surface area (Å²) in [6.45, 7) is 0. The van der Waals surface area contributed by atoms with E-state index in [9.17, 15) is 17.6 Å². The van der Waals surface area contributed by atoms with Crippen molar-refractivity contribution in [3.8, 4) is 0 Å². The Balaban J connectivity index is 3.44. The summed E-state index contributed by atoms with van der Waals surface area (Å²) in [4.78, 5) is 0. The van der Waals surface area contributed by atoms with Crippen molar-refractivity contribution < 1.29 is 17.6 Å². The molecule has 0 unspecified atom stereocenters. The van der Waals surface area contributed by atoms with Crippen LogP contribution in [0, 0.1) is 5.82 Å². The number of rotatable bonds is 1. The Hall–Kier alpha value is -0.680. The first-order valence-corrected chi connectivity index (χ1v) is 4.18. The van der Waals surface area contributed by atoms with Gasteiger partial charge in [-0.15, -0.1) is 0 Å². The predicted octanol–water partition coefficient (Wildman–Crippen LogP) is 3.76. The minimum atomic E-state index is -4.66. The maximum Gasteiger partial charge on any atom is 0.417 e. The van der Waals surface area contributed by atoms with Crippen LogP contribution in [-0.2, 0) is 6.18 Å². The fourth-order valence-corrected chi connectivity index (χ4v) is 1.36. The third-order valence-corrected chi connectivity index (χ3v) is 1.91. The monoisotopic (exact) mass is 242 g/mol. The molecule has 0 fully saturated rings. The van der Waals surface area contributed by atoms with Crippen LogP contribution >= 0.6 is 23.8 Å². The lowest BCUT2D eigenvalue weighted by Gasteiger charge is -2.11. The van der Waals surface area contributed by atoms with Crippen LogP contribution in [0.4, 0.5) is 17.6 Å². The van der Waals surface area contributed by atoms with Gasteiger partial charge < -0.3 is 0 Å². The topological polar surface area (TPSA) is 0 Å². The van der Waals surface area contributed by atoms with E-state index in [0.717, 1.165) is 18.2 Å². The first-order valence-electron chi connectivity index (χ1n) is 3.39. The molecule has 0 aromatic heterocycles. The molecule has 0 aliphatic carbocycles. The zero-order chi connectivity index (χ0) is 10.9. The number of halogens is 5. The van der Waals surface area contributed by atoms with Crippen molar-refractivity contribution in [3.05, 3.63) is 35.1 Å². The minimum absolute atomic E-state index is 0.629. The van der Waals surface area contributed by atoms with Crippen molar-refractivity contribution in [1.82, 2.24) is 0 Å². The maximum atomic E-state index is 13.0. The summed E-state index contributed by atoms with van der Waals surface area (Å²) in [5, 5.41) is 0. The number of alkyl halides is 3. The van der Waals surface area contributed by atoms with Crippen LogP contribution in [0.25, 0.3) is 0 Å². The summed E-state index contributed by atoms with van der Waals surface area (Å²) >= 11 is 9.54. The Morgan fingerprint density at radius 3 is 2.21 bits per heavy atom. The number of thiocarbonyl (C=S) groups is 1. The van der Waals surface area contributed by atoms with Crippen LogP contribution in [0.1, 0.15) is 11.1 Å². The first kappa shape index (κ1) is 11.4. The van der Waals surface area contributed by atoms with E-state index in [4.69, 9.17) is 11.6 Å². The van der Waals surface area contributed by atoms with Gasteiger partial charge in [-0.2, -0.15) is 13.2 Å². The molecule has 14 heavy (non-hydrogen) atoms. The lowest BCUT2D eigenvalue weighted by Crippen LogP contribution is -2.12. The molecule has 0 bridgehead atoms. The van der Waals surface area contributed by atoms with Gasteiger partial charge in [0.2, 0.25) is 0 Å². The van der Waals surface area contributed by atoms with Gasteiger partial charge in [0, 0.05) is 0 Å². The second-order valence-electron chi connectivity index (χ2n) is 2.43. The van der Waals surface area contributed by atoms with Crippen LogP contribution in [-0.4, -0.2) is 4.32 Å². The standard InChI is InChI=1S/C8H3ClF4S/c9-7(14)6-4(8(11,12)13)2-1-3-5(6)10/h1-3H. The van der Waals surface area contributed by atoms with Crippen LogP contribution < -0.4 is 0 Å². The van der Waals surface area contributed by atoms with Crippen LogP contribution in [0.3, 0.4) is 0 Å². The summed E-state index contributed by atoms with van der Waals surface area (Å²) in [6, 6.07) is 2.56. The highest BCUT2D eigenvalue weighted by Crippen LogP contribution is 2.33. The average Bonchev–Trinajstić information content (AvgIpc) is 2.01. The molecule has 0 spiro atoms. The smallest absolute Gasteiger partial charge is 0.206 e. The normalized spacial score (nSPS) is 11.5. The van der Waals surface area contributed by atoms with Crippen LogP contribution in [0.5, 0.6) is 0 Å². The Bertz CT molecular complexity index is 372. The SMILES string of the molecule is Fc1cccc(C(F)(F)F)c1C(=S)Cl. The molecule has 1 rings (SSSR count). The largest absolute Gasteiger partial charge is 0.417 e. The fourth-order valence-electron chi connectivity index (χ4n) is 0.960. The Labute approximate surface area is 87.5 Å². The third-order valence-electron chi connectivity index (χ3n) is 1.52. The van der Waals surface area contributed by atoms with Gasteiger partial charge in [0.1, 0.15) is 10.1 Å². The molecule has 6 heteroatoms. The summed E-state index contributed by atoms with van der Waals surface area (Å²) in [6.07, 6.45) is -4.66. The number of hydrogen-bond acceptors (Lipinski definition) is 1. The molecule has 0 N–H and O–H groups in total. The van der Waals surface area contributed by atoms with Gasteiger partial charge in [0.05, 0.1) is 11.1 Å². The van der Waals surface area contributed by atoms with Gasteiger partial charge in [0.15, 0.2) is 0 Å². The molecule has 0 radical (unpaired) electrons. The van der Waals surface area contributed by atoms with E-state index in [-0.39, 0.29) is 0 Å². The van der Waals surface area contributed by atoms with Crippen molar-refractivity contribution in [3.63, 3.8) is 0 Å². The lowest BCUT2D eigenvalue weighted by molar-refractivity contribution is -0.137. The fraction of sp³-hybridized carbons (Fsp3) is 0.125. The van der Waals surface area contributed by atoms with E-state index in [0.29, 0.717) is 0 Å². The van der Waals surface area contributed by atoms with Crippen molar-refractivity contribution in [1.29, 1.82) is 0 Å². The molecule has 0 nitrogen and oxygen atoms in total. The molecule has 0 saturated heterocycles. The van der Waals surface area contributed by atoms with E-state index in [1.165, 1.54) is 0 Å². The van der Waals surface area contributed by atoms with E-state index >= 15 is 0 Å². The third kappa shape index (κ3) is 2.22. The summed E-state index contributed by atoms with van der Waals surface area (Å²) in [5.74, 6) is -1.07. The van der Waals surface area contributed by atoms with Crippen molar-refractivity contribution in [2.24, 2.45) is 0 Å². The Morgan fingerprint density at radius 1 is 1.29 bits per heavy atom. The highest BCUT2D eigenvalue weighted by molar-refractivity contribution is 7.83. The van der Waals surface area contributed by atoms with Gasteiger partial charge in [-0.1, -0.05) is 29.9 Å². The highest BCUT2D eigenvalue weighted by atomic mass is 35.5. The van der Waals surface area contributed by atoms with Crippen molar-refractivity contribution >= 4 is 28.1 Å². The maximum absolute atomic E-state index is 13.0. The van der Waals surface area contributed by atoms with Gasteiger partial charge in [-0.3, -0.25) is 0 Å². The van der Waals surface area contributed by atoms with E-state index < -0.39 is 27.4 Å². The molecule has 0 saturated carbocycles. The molecular weight excluding hydrogens is 240 g/mol. The average molecular weight is 243 g/mol. The van der Waals surface area contributed by atoms with Crippen LogP contribution in [0.15, 0.2) is 18.2 Å². The van der Waals surface area contributed by atoms with Crippen LogP contribution in [0.2, 0.25) is 0 Å². The molecule has 0 atom stereocenters. The summed E-state index contributed by atoms with van der Waals surface area (Å²) in [5.41, 5.74) is -1.92. The zero-order valence-corrected chi connectivity index (χ0v) is 8.10. The van der Waals surface area contributed by atoms with E-state index in [2.05, 4.69) is 12.2 Å². The molecule has 76 valence electrons. The minimum Gasteiger partial charge on any atom is -0.206 e. The van der Waals surface area contributed by atoms with Gasteiger partial charge in [0.25, 0.3) is 0 Å². The first-order chi connectivity index (χ1) is 6.34. The van der Waals surface area contributed by atoms with Gasteiger partial charge in [-0.05, 0) is 12.1 Å². The molecule has 0 heterocycles. The second kappa shape index (κ2) is 3.82. The summed E-state index contributed by atoms with van der Waals surface area (Å²) in [7, 11) is 0. The summed E-state index contributed by atoms with van der Waals surface area (Å²) < 4.78 is 49.2. The van der Waals surface area contributed by atoms with E-state index in [1.54, 1.807) is 0 Å². The second-order valence-corrected chi connectivity index (χ2v) is 3.44. The van der Waals surface area contributed by atoms with E-state index in [1.807, 2.05) is 0 Å². The highest BCUT2D eigenvalue weighted by Gasteiger charge is 2.35. The molecule has 0 aliphatic heterocycles. The predicted molar refractivity (Wildman–Crippen MR) is 49.0 cm³/mol. The van der Waals surface area contributed by atoms with Gasteiger partial charge in [-0.25, -0.2) is 4.39 Å². The Kier molecular flexibility index (Phi) is 3.11. The molecule has 0 aliphatic rings. The number of benzene rings is 1. The quantitative estimate of drug-likeness (QED) is 0.411. The van der Waals surface area contributed by atoms with Crippen molar-refractivity contribution in [2.45, 2.75) is 6.18 Å². The molecule has 0 amide bonds.